The molecule has 3 rings (SSSR count). The van der Waals surface area contributed by atoms with Gasteiger partial charge in [-0.1, -0.05) is 0 Å². The van der Waals surface area contributed by atoms with E-state index in [2.05, 4.69) is 17.6 Å². The van der Waals surface area contributed by atoms with Crippen molar-refractivity contribution < 1.29 is 9.18 Å². The van der Waals surface area contributed by atoms with Crippen LogP contribution in [-0.4, -0.2) is 12.1 Å². The number of benzene rings is 2. The van der Waals surface area contributed by atoms with Gasteiger partial charge in [0.2, 0.25) is 0 Å². The third-order valence-corrected chi connectivity index (χ3v) is 3.77. The molecule has 0 bridgehead atoms. The maximum Gasteiger partial charge on any atom is 0.147 e. The Balaban J connectivity index is 2.14. The number of carbonyl (C=O) groups excluding carboxylic acids is 1. The van der Waals surface area contributed by atoms with Gasteiger partial charge in [-0.15, -0.1) is 12.6 Å². The summed E-state index contributed by atoms with van der Waals surface area (Å²) in [5.74, 6) is 0.319. The number of hydrogen-bond acceptors (Lipinski definition) is 4. The third-order valence-electron chi connectivity index (χ3n) is 3.47. The van der Waals surface area contributed by atoms with Gasteiger partial charge in [-0.05, 0) is 49.4 Å². The maximum atomic E-state index is 13.5. The number of halogens is 1. The number of anilines is 1. The molecule has 1 atom stereocenters. The quantitative estimate of drug-likeness (QED) is 0.673. The summed E-state index contributed by atoms with van der Waals surface area (Å²) in [6.45, 7) is 1.83. The van der Waals surface area contributed by atoms with Crippen molar-refractivity contribution >= 4 is 36.1 Å². The van der Waals surface area contributed by atoms with Crippen molar-refractivity contribution in [2.24, 2.45) is 4.99 Å². The molecule has 1 aliphatic heterocycles. The van der Waals surface area contributed by atoms with Crippen LogP contribution in [0.3, 0.4) is 0 Å². The SMILES string of the molecule is CC1=Nc2ccc(F)cc2C(C=O)N1c1ccc(S)cc1. The molecule has 0 amide bonds. The summed E-state index contributed by atoms with van der Waals surface area (Å²) >= 11 is 4.25. The van der Waals surface area contributed by atoms with Crippen molar-refractivity contribution in [3.63, 3.8) is 0 Å². The first kappa shape index (κ1) is 13.8. The predicted molar refractivity (Wildman–Crippen MR) is 84.1 cm³/mol. The van der Waals surface area contributed by atoms with Gasteiger partial charge in [0.15, 0.2) is 0 Å². The second-order valence-corrected chi connectivity index (χ2v) is 5.35. The molecule has 2 aromatic carbocycles. The number of carbonyl (C=O) groups is 1. The fourth-order valence-electron chi connectivity index (χ4n) is 2.53. The Morgan fingerprint density at radius 2 is 1.95 bits per heavy atom. The van der Waals surface area contributed by atoms with Crippen molar-refractivity contribution in [2.45, 2.75) is 17.9 Å². The average Bonchev–Trinajstić information content (AvgIpc) is 2.47. The Labute approximate surface area is 127 Å². The van der Waals surface area contributed by atoms with Crippen LogP contribution in [0.1, 0.15) is 18.5 Å². The van der Waals surface area contributed by atoms with Gasteiger partial charge in [-0.2, -0.15) is 0 Å². The van der Waals surface area contributed by atoms with E-state index in [1.54, 1.807) is 11.0 Å². The minimum Gasteiger partial charge on any atom is -0.316 e. The van der Waals surface area contributed by atoms with Crippen molar-refractivity contribution in [1.82, 2.24) is 0 Å². The van der Waals surface area contributed by atoms with Gasteiger partial charge in [-0.25, -0.2) is 9.38 Å². The fourth-order valence-corrected chi connectivity index (χ4v) is 2.68. The molecule has 0 N–H and O–H groups in total. The molecule has 0 aliphatic carbocycles. The van der Waals surface area contributed by atoms with Crippen molar-refractivity contribution in [3.05, 3.63) is 53.8 Å². The van der Waals surface area contributed by atoms with Crippen LogP contribution < -0.4 is 4.90 Å². The summed E-state index contributed by atoms with van der Waals surface area (Å²) in [4.78, 5) is 18.7. The lowest BCUT2D eigenvalue weighted by Crippen LogP contribution is -2.36. The molecule has 0 spiro atoms. The molecule has 5 heteroatoms. The highest BCUT2D eigenvalue weighted by atomic mass is 32.1. The van der Waals surface area contributed by atoms with E-state index in [9.17, 15) is 9.18 Å². The number of thiol groups is 1. The summed E-state index contributed by atoms with van der Waals surface area (Å²) in [5.41, 5.74) is 2.03. The van der Waals surface area contributed by atoms with E-state index in [1.807, 2.05) is 31.2 Å². The van der Waals surface area contributed by atoms with Crippen molar-refractivity contribution in [1.29, 1.82) is 0 Å². The van der Waals surface area contributed by atoms with Crippen molar-refractivity contribution in [3.8, 4) is 0 Å². The topological polar surface area (TPSA) is 32.7 Å². The second kappa shape index (κ2) is 5.33. The molecule has 21 heavy (non-hydrogen) atoms. The molecule has 1 unspecified atom stereocenters. The summed E-state index contributed by atoms with van der Waals surface area (Å²) in [7, 11) is 0. The van der Waals surface area contributed by atoms with Crippen LogP contribution in [0.25, 0.3) is 0 Å². The van der Waals surface area contributed by atoms with Crippen LogP contribution in [0.2, 0.25) is 0 Å². The zero-order valence-electron chi connectivity index (χ0n) is 11.3. The molecule has 3 nitrogen and oxygen atoms in total. The monoisotopic (exact) mass is 300 g/mol. The van der Waals surface area contributed by atoms with E-state index in [0.717, 1.165) is 16.9 Å². The van der Waals surface area contributed by atoms with Gasteiger partial charge in [0, 0.05) is 16.1 Å². The fraction of sp³-hybridized carbons (Fsp3) is 0.125. The second-order valence-electron chi connectivity index (χ2n) is 4.83. The maximum absolute atomic E-state index is 13.5. The highest BCUT2D eigenvalue weighted by Gasteiger charge is 2.29. The van der Waals surface area contributed by atoms with Crippen LogP contribution in [0, 0.1) is 5.82 Å². The number of rotatable bonds is 2. The van der Waals surface area contributed by atoms with Crippen LogP contribution in [0.4, 0.5) is 15.8 Å². The van der Waals surface area contributed by atoms with Gasteiger partial charge in [0.25, 0.3) is 0 Å². The van der Waals surface area contributed by atoms with E-state index < -0.39 is 6.04 Å². The van der Waals surface area contributed by atoms with Crippen molar-refractivity contribution in [2.75, 3.05) is 4.90 Å². The van der Waals surface area contributed by atoms with E-state index in [1.165, 1.54) is 12.1 Å². The number of aldehydes is 1. The Morgan fingerprint density at radius 1 is 1.24 bits per heavy atom. The van der Waals surface area contributed by atoms with Gasteiger partial charge in [0.05, 0.1) is 5.69 Å². The minimum atomic E-state index is -0.584. The molecule has 0 radical (unpaired) electrons. The lowest BCUT2D eigenvalue weighted by atomic mass is 10.0. The van der Waals surface area contributed by atoms with Gasteiger partial charge >= 0.3 is 0 Å². The van der Waals surface area contributed by atoms with Gasteiger partial charge < -0.3 is 9.69 Å². The van der Waals surface area contributed by atoms with E-state index in [-0.39, 0.29) is 5.82 Å². The average molecular weight is 300 g/mol. The smallest absolute Gasteiger partial charge is 0.147 e. The predicted octanol–water partition coefficient (Wildman–Crippen LogP) is 3.92. The first-order valence-electron chi connectivity index (χ1n) is 6.48. The molecule has 1 aliphatic rings. The summed E-state index contributed by atoms with van der Waals surface area (Å²) in [6, 6.07) is 11.1. The highest BCUT2D eigenvalue weighted by Crippen LogP contribution is 2.37. The van der Waals surface area contributed by atoms with E-state index in [4.69, 9.17) is 0 Å². The number of fused-ring (bicyclic) bond motifs is 1. The number of amidine groups is 1. The van der Waals surface area contributed by atoms with Crippen LogP contribution in [0.15, 0.2) is 52.4 Å². The van der Waals surface area contributed by atoms with E-state index in [0.29, 0.717) is 17.1 Å². The molecule has 1 heterocycles. The number of hydrogen-bond donors (Lipinski definition) is 1. The lowest BCUT2D eigenvalue weighted by Gasteiger charge is -2.34. The summed E-state index contributed by atoms with van der Waals surface area (Å²) in [6.07, 6.45) is 0.811. The molecule has 106 valence electrons. The molecule has 2 aromatic rings. The normalized spacial score (nSPS) is 17.2. The third kappa shape index (κ3) is 2.45. The molecule has 0 saturated carbocycles. The zero-order chi connectivity index (χ0) is 15.0. The Hall–Kier alpha value is -2.14. The van der Waals surface area contributed by atoms with Crippen LogP contribution in [-0.2, 0) is 4.79 Å². The minimum absolute atomic E-state index is 0.374. The molecular formula is C16H13FN2OS. The van der Waals surface area contributed by atoms with Crippen LogP contribution >= 0.6 is 12.6 Å². The largest absolute Gasteiger partial charge is 0.316 e. The molecule has 0 aromatic heterocycles. The number of nitrogens with zero attached hydrogens (tertiary/aromatic N) is 2. The standard InChI is InChI=1S/C16H13FN2OS/c1-10-18-15-7-2-11(17)8-14(15)16(9-20)19(10)12-3-5-13(21)6-4-12/h2-9,16,21H,1H3. The first-order chi connectivity index (χ1) is 10.1. The van der Waals surface area contributed by atoms with E-state index >= 15 is 0 Å². The van der Waals surface area contributed by atoms with Gasteiger partial charge in [-0.3, -0.25) is 0 Å². The zero-order valence-corrected chi connectivity index (χ0v) is 12.2. The summed E-state index contributed by atoms with van der Waals surface area (Å²) in [5, 5.41) is 0. The summed E-state index contributed by atoms with van der Waals surface area (Å²) < 4.78 is 13.5. The lowest BCUT2D eigenvalue weighted by molar-refractivity contribution is -0.108. The molecule has 0 fully saturated rings. The Kier molecular flexibility index (Phi) is 3.51. The molecule has 0 saturated heterocycles. The van der Waals surface area contributed by atoms with Crippen LogP contribution in [0.5, 0.6) is 0 Å². The highest BCUT2D eigenvalue weighted by molar-refractivity contribution is 7.80. The van der Waals surface area contributed by atoms with Gasteiger partial charge in [0.1, 0.15) is 24.0 Å². The Bertz CT molecular complexity index is 728. The Morgan fingerprint density at radius 3 is 2.62 bits per heavy atom. The number of aliphatic imine (C=N–C) groups is 1. The molecular weight excluding hydrogens is 287 g/mol. The first-order valence-corrected chi connectivity index (χ1v) is 6.93.